The zero-order valence-corrected chi connectivity index (χ0v) is 22.0. The van der Waals surface area contributed by atoms with Crippen LogP contribution in [-0.2, 0) is 22.4 Å². The number of amides is 1. The molecule has 3 aromatic rings. The molecule has 2 aliphatic rings. The van der Waals surface area contributed by atoms with E-state index >= 15 is 0 Å². The summed E-state index contributed by atoms with van der Waals surface area (Å²) in [4.78, 5) is 30.7. The van der Waals surface area contributed by atoms with Gasteiger partial charge in [0, 0.05) is 10.4 Å². The van der Waals surface area contributed by atoms with Crippen molar-refractivity contribution in [3.63, 3.8) is 0 Å². The summed E-state index contributed by atoms with van der Waals surface area (Å²) < 4.78 is 16.0. The molecule has 1 aliphatic carbocycles. The smallest absolute Gasteiger partial charge is 0.341 e. The summed E-state index contributed by atoms with van der Waals surface area (Å²) in [6, 6.07) is 5.60. The van der Waals surface area contributed by atoms with E-state index in [1.807, 2.05) is 25.1 Å². The van der Waals surface area contributed by atoms with Crippen LogP contribution in [0.1, 0.15) is 53.1 Å². The highest BCUT2D eigenvalue weighted by molar-refractivity contribution is 7.99. The molecule has 0 saturated heterocycles. The molecular weight excluding hydrogens is 516 g/mol. The minimum absolute atomic E-state index is 0.0849. The molecule has 1 amide bonds. The average Bonchev–Trinajstić information content (AvgIpc) is 3.63. The van der Waals surface area contributed by atoms with Crippen molar-refractivity contribution in [2.24, 2.45) is 5.10 Å². The van der Waals surface area contributed by atoms with Crippen LogP contribution in [0.2, 0.25) is 0 Å². The Labute approximate surface area is 221 Å². The van der Waals surface area contributed by atoms with Crippen molar-refractivity contribution < 1.29 is 23.8 Å². The Kier molecular flexibility index (Phi) is 7.60. The lowest BCUT2D eigenvalue weighted by atomic mass is 9.95. The lowest BCUT2D eigenvalue weighted by molar-refractivity contribution is -0.113. The number of aryl methyl sites for hydroxylation is 1. The molecule has 0 bridgehead atoms. The average molecular weight is 543 g/mol. The number of ether oxygens (including phenoxy) is 3. The van der Waals surface area contributed by atoms with Crippen LogP contribution in [0.4, 0.5) is 10.9 Å². The lowest BCUT2D eigenvalue weighted by Crippen LogP contribution is -2.17. The molecule has 0 spiro atoms. The minimum atomic E-state index is -0.383. The Balaban J connectivity index is 1.17. The summed E-state index contributed by atoms with van der Waals surface area (Å²) in [6.07, 6.45) is 3.86. The highest BCUT2D eigenvalue weighted by Crippen LogP contribution is 2.39. The predicted octanol–water partition coefficient (Wildman–Crippen LogP) is 4.22. The monoisotopic (exact) mass is 542 g/mol. The number of H-pyrrole nitrogens is 1. The summed E-state index contributed by atoms with van der Waals surface area (Å²) in [6.45, 7) is 4.13. The molecule has 2 aromatic heterocycles. The van der Waals surface area contributed by atoms with E-state index in [-0.39, 0.29) is 31.0 Å². The third-order valence-electron chi connectivity index (χ3n) is 5.82. The second-order valence-corrected chi connectivity index (χ2v) is 10.4. The first kappa shape index (κ1) is 25.1. The largest absolute Gasteiger partial charge is 0.462 e. The van der Waals surface area contributed by atoms with Crippen molar-refractivity contribution in [2.75, 3.05) is 29.9 Å². The number of aromatic nitrogens is 3. The molecule has 37 heavy (non-hydrogen) atoms. The number of carbonyl (C=O) groups is 2. The number of hydrogen-bond donors (Lipinski definition) is 3. The van der Waals surface area contributed by atoms with E-state index in [4.69, 9.17) is 14.2 Å². The Bertz CT molecular complexity index is 1350. The number of thiophene rings is 1. The molecule has 1 aliphatic heterocycles. The molecule has 0 unspecified atom stereocenters. The third-order valence-corrected chi connectivity index (χ3v) is 7.88. The van der Waals surface area contributed by atoms with E-state index in [0.29, 0.717) is 33.2 Å². The molecule has 3 heterocycles. The summed E-state index contributed by atoms with van der Waals surface area (Å²) in [5.41, 5.74) is 5.95. The first-order valence-corrected chi connectivity index (χ1v) is 13.7. The van der Waals surface area contributed by atoms with Crippen LogP contribution < -0.4 is 20.2 Å². The Morgan fingerprint density at radius 2 is 2.08 bits per heavy atom. The van der Waals surface area contributed by atoms with E-state index < -0.39 is 0 Å². The minimum Gasteiger partial charge on any atom is -0.462 e. The highest BCUT2D eigenvalue weighted by atomic mass is 32.2. The summed E-state index contributed by atoms with van der Waals surface area (Å²) in [5, 5.41) is 15.1. The van der Waals surface area contributed by atoms with Crippen molar-refractivity contribution in [2.45, 2.75) is 44.7 Å². The molecule has 3 N–H and O–H groups in total. The van der Waals surface area contributed by atoms with Gasteiger partial charge in [-0.1, -0.05) is 11.8 Å². The van der Waals surface area contributed by atoms with Crippen molar-refractivity contribution in [3.8, 4) is 11.5 Å². The van der Waals surface area contributed by atoms with Gasteiger partial charge in [-0.25, -0.2) is 15.3 Å². The summed E-state index contributed by atoms with van der Waals surface area (Å²) >= 11 is 2.64. The van der Waals surface area contributed by atoms with Gasteiger partial charge >= 0.3 is 5.97 Å². The standard InChI is InChI=1S/C24H26N6O5S2/c1-3-33-22(32)20-15-6-4-5-7-18(15)37-21(20)25-19(31)11-36-24-26-23(29-30-24)28-27-13(2)14-8-9-16-17(10-14)35-12-34-16/h8-10H,3-7,11-12H2,1-2H3,(H,25,31)(H2,26,28,29,30)/b27-13-. The first-order chi connectivity index (χ1) is 18.0. The fraction of sp³-hybridized carbons (Fsp3) is 0.375. The van der Waals surface area contributed by atoms with Crippen molar-refractivity contribution in [3.05, 3.63) is 39.8 Å². The Hall–Kier alpha value is -3.58. The van der Waals surface area contributed by atoms with Gasteiger partial charge in [0.2, 0.25) is 23.8 Å². The van der Waals surface area contributed by atoms with E-state index in [0.717, 1.165) is 47.4 Å². The number of nitrogens with one attached hydrogen (secondary N) is 3. The molecule has 0 radical (unpaired) electrons. The molecule has 1 aromatic carbocycles. The van der Waals surface area contributed by atoms with E-state index in [9.17, 15) is 9.59 Å². The number of esters is 1. The number of benzene rings is 1. The van der Waals surface area contributed by atoms with E-state index in [2.05, 4.69) is 31.0 Å². The molecule has 0 saturated carbocycles. The van der Waals surface area contributed by atoms with Crippen LogP contribution >= 0.6 is 23.1 Å². The molecule has 13 heteroatoms. The zero-order valence-electron chi connectivity index (χ0n) is 20.4. The Morgan fingerprint density at radius 1 is 1.24 bits per heavy atom. The van der Waals surface area contributed by atoms with Crippen LogP contribution in [0.5, 0.6) is 11.5 Å². The molecule has 0 atom stereocenters. The van der Waals surface area contributed by atoms with Crippen LogP contribution in [0.25, 0.3) is 0 Å². The first-order valence-electron chi connectivity index (χ1n) is 11.9. The SMILES string of the molecule is CCOC(=O)c1c(NC(=O)CSc2n[nH]c(N/N=C(/C)c3ccc4c(c3)OCO4)n2)sc2c1CCCC2. The van der Waals surface area contributed by atoms with Gasteiger partial charge in [-0.2, -0.15) is 10.1 Å². The maximum atomic E-state index is 12.7. The second-order valence-electron chi connectivity index (χ2n) is 8.32. The number of nitrogens with zero attached hydrogens (tertiary/aromatic N) is 3. The number of aromatic amines is 1. The molecule has 11 nitrogen and oxygen atoms in total. The van der Waals surface area contributed by atoms with Crippen LogP contribution in [0.3, 0.4) is 0 Å². The topological polar surface area (TPSA) is 140 Å². The third kappa shape index (κ3) is 5.72. The maximum Gasteiger partial charge on any atom is 0.341 e. The predicted molar refractivity (Wildman–Crippen MR) is 141 cm³/mol. The van der Waals surface area contributed by atoms with Crippen LogP contribution in [-0.4, -0.2) is 51.9 Å². The Morgan fingerprint density at radius 3 is 2.95 bits per heavy atom. The van der Waals surface area contributed by atoms with Crippen molar-refractivity contribution >= 4 is 51.6 Å². The van der Waals surface area contributed by atoms with Crippen molar-refractivity contribution in [1.82, 2.24) is 15.2 Å². The number of thioether (sulfide) groups is 1. The molecular formula is C24H26N6O5S2. The van der Waals surface area contributed by atoms with Gasteiger partial charge in [0.15, 0.2) is 11.5 Å². The summed E-state index contributed by atoms with van der Waals surface area (Å²) in [5.74, 6) is 1.19. The van der Waals surface area contributed by atoms with Gasteiger partial charge in [-0.3, -0.25) is 4.79 Å². The fourth-order valence-corrected chi connectivity index (χ4v) is 5.94. The number of hydrogen-bond acceptors (Lipinski definition) is 11. The number of fused-ring (bicyclic) bond motifs is 2. The quantitative estimate of drug-likeness (QED) is 0.157. The molecule has 194 valence electrons. The lowest BCUT2D eigenvalue weighted by Gasteiger charge is -2.12. The van der Waals surface area contributed by atoms with Crippen LogP contribution in [0, 0.1) is 0 Å². The number of anilines is 2. The molecule has 0 fully saturated rings. The number of hydrazone groups is 1. The highest BCUT2D eigenvalue weighted by Gasteiger charge is 2.27. The van der Waals surface area contributed by atoms with Crippen molar-refractivity contribution in [1.29, 1.82) is 0 Å². The van der Waals surface area contributed by atoms with Gasteiger partial charge in [-0.05, 0) is 63.3 Å². The normalized spacial score (nSPS) is 14.3. The van der Waals surface area contributed by atoms with Gasteiger partial charge in [0.25, 0.3) is 0 Å². The summed E-state index contributed by atoms with van der Waals surface area (Å²) in [7, 11) is 0. The maximum absolute atomic E-state index is 12.7. The van der Waals surface area contributed by atoms with Gasteiger partial charge in [0.05, 0.1) is 23.6 Å². The van der Waals surface area contributed by atoms with Gasteiger partial charge < -0.3 is 19.5 Å². The number of carbonyl (C=O) groups excluding carboxylic acids is 2. The number of rotatable bonds is 9. The second kappa shape index (κ2) is 11.2. The zero-order chi connectivity index (χ0) is 25.8. The van der Waals surface area contributed by atoms with E-state index in [1.54, 1.807) is 6.92 Å². The van der Waals surface area contributed by atoms with E-state index in [1.165, 1.54) is 23.1 Å². The van der Waals surface area contributed by atoms with Gasteiger partial charge in [0.1, 0.15) is 5.00 Å². The fourth-order valence-electron chi connectivity index (χ4n) is 4.05. The molecule has 5 rings (SSSR count). The van der Waals surface area contributed by atoms with Gasteiger partial charge in [-0.15, -0.1) is 16.4 Å². The van der Waals surface area contributed by atoms with Crippen LogP contribution in [0.15, 0.2) is 28.5 Å².